The van der Waals surface area contributed by atoms with Gasteiger partial charge in [-0.15, -0.1) is 0 Å². The number of hydrogen-bond acceptors (Lipinski definition) is 4. The van der Waals surface area contributed by atoms with Gasteiger partial charge in [-0.3, -0.25) is 9.69 Å². The van der Waals surface area contributed by atoms with Crippen molar-refractivity contribution >= 4 is 11.7 Å². The Balaban J connectivity index is 1.24. The molecule has 1 heterocycles. The molecule has 1 saturated carbocycles. The van der Waals surface area contributed by atoms with Crippen LogP contribution in [0.15, 0.2) is 41.6 Å². The van der Waals surface area contributed by atoms with E-state index in [0.717, 1.165) is 74.7 Å². The summed E-state index contributed by atoms with van der Waals surface area (Å²) in [6.07, 6.45) is 2.92. The van der Waals surface area contributed by atoms with Gasteiger partial charge in [0.15, 0.2) is 0 Å². The van der Waals surface area contributed by atoms with E-state index in [0.29, 0.717) is 24.2 Å². The standard InChI is InChI=1S/C29H33F3N2O3/c30-29(31,32)26-14-20(10-11-24(26)21-5-2-1-3-6-21)18-37-33-27-8-4-7-22-13-19(9-12-25(22)27)15-34-16-23(17-34)28(35)36/h9-14,21,23H,1-8,15-18H2,(H,35,36)/b33-27-. The van der Waals surface area contributed by atoms with Crippen LogP contribution in [-0.2, 0) is 35.4 Å². The Kier molecular flexibility index (Phi) is 7.56. The molecule has 0 atom stereocenters. The first-order valence-electron chi connectivity index (χ1n) is 13.2. The lowest BCUT2D eigenvalue weighted by atomic mass is 9.81. The van der Waals surface area contributed by atoms with Gasteiger partial charge in [0.05, 0.1) is 17.2 Å². The monoisotopic (exact) mass is 514 g/mol. The van der Waals surface area contributed by atoms with E-state index in [1.807, 2.05) is 12.1 Å². The molecule has 0 radical (unpaired) electrons. The van der Waals surface area contributed by atoms with E-state index in [-0.39, 0.29) is 18.4 Å². The van der Waals surface area contributed by atoms with Crippen LogP contribution in [0.25, 0.3) is 0 Å². The van der Waals surface area contributed by atoms with Crippen LogP contribution in [0.4, 0.5) is 13.2 Å². The fourth-order valence-electron chi connectivity index (χ4n) is 5.92. The first kappa shape index (κ1) is 25.8. The number of nitrogens with zero attached hydrogens (tertiary/aromatic N) is 2. The van der Waals surface area contributed by atoms with E-state index in [2.05, 4.69) is 16.1 Å². The molecule has 0 spiro atoms. The lowest BCUT2D eigenvalue weighted by molar-refractivity contribution is -0.147. The minimum absolute atomic E-state index is 0.00928. The second-order valence-corrected chi connectivity index (χ2v) is 10.6. The Hall–Kier alpha value is -2.87. The lowest BCUT2D eigenvalue weighted by Crippen LogP contribution is -2.49. The fourth-order valence-corrected chi connectivity index (χ4v) is 5.92. The van der Waals surface area contributed by atoms with Crippen molar-refractivity contribution in [3.63, 3.8) is 0 Å². The second kappa shape index (κ2) is 10.9. The van der Waals surface area contributed by atoms with E-state index in [4.69, 9.17) is 9.94 Å². The van der Waals surface area contributed by atoms with Crippen molar-refractivity contribution in [2.24, 2.45) is 11.1 Å². The summed E-state index contributed by atoms with van der Waals surface area (Å²) in [7, 11) is 0. The van der Waals surface area contributed by atoms with Crippen molar-refractivity contribution in [3.05, 3.63) is 69.8 Å². The van der Waals surface area contributed by atoms with E-state index in [1.54, 1.807) is 12.1 Å². The Morgan fingerprint density at radius 2 is 1.76 bits per heavy atom. The van der Waals surface area contributed by atoms with Gasteiger partial charge >= 0.3 is 12.1 Å². The van der Waals surface area contributed by atoms with Gasteiger partial charge in [-0.25, -0.2) is 0 Å². The molecule has 0 amide bonds. The zero-order valence-corrected chi connectivity index (χ0v) is 20.9. The van der Waals surface area contributed by atoms with E-state index < -0.39 is 17.7 Å². The summed E-state index contributed by atoms with van der Waals surface area (Å²) >= 11 is 0. The van der Waals surface area contributed by atoms with Gasteiger partial charge in [-0.05, 0) is 66.3 Å². The van der Waals surface area contributed by atoms with E-state index in [1.165, 1.54) is 11.6 Å². The number of rotatable bonds is 7. The van der Waals surface area contributed by atoms with Gasteiger partial charge in [0, 0.05) is 25.2 Å². The SMILES string of the molecule is O=C(O)C1CN(Cc2ccc3c(c2)CCC/C3=N/OCc2ccc(C3CCCCC3)c(C(F)(F)F)c2)C1. The highest BCUT2D eigenvalue weighted by Crippen LogP contribution is 2.41. The van der Waals surface area contributed by atoms with Gasteiger partial charge in [0.25, 0.3) is 0 Å². The molecular formula is C29H33F3N2O3. The maximum atomic E-state index is 13.9. The van der Waals surface area contributed by atoms with Crippen molar-refractivity contribution in [2.45, 2.75) is 76.6 Å². The number of benzene rings is 2. The van der Waals surface area contributed by atoms with Crippen LogP contribution in [-0.4, -0.2) is 34.8 Å². The number of aliphatic carboxylic acids is 1. The zero-order chi connectivity index (χ0) is 26.0. The molecule has 2 aromatic carbocycles. The Morgan fingerprint density at radius 3 is 2.49 bits per heavy atom. The smallest absolute Gasteiger partial charge is 0.416 e. The fraction of sp³-hybridized carbons (Fsp3) is 0.517. The van der Waals surface area contributed by atoms with Crippen LogP contribution >= 0.6 is 0 Å². The van der Waals surface area contributed by atoms with Crippen molar-refractivity contribution in [3.8, 4) is 0 Å². The molecule has 1 saturated heterocycles. The molecule has 1 N–H and O–H groups in total. The molecule has 198 valence electrons. The molecule has 1 aliphatic heterocycles. The van der Waals surface area contributed by atoms with E-state index in [9.17, 15) is 18.0 Å². The van der Waals surface area contributed by atoms with Gasteiger partial charge in [0.2, 0.25) is 0 Å². The highest BCUT2D eigenvalue weighted by molar-refractivity contribution is 6.02. The predicted molar refractivity (Wildman–Crippen MR) is 134 cm³/mol. The number of likely N-dealkylation sites (tertiary alicyclic amines) is 1. The summed E-state index contributed by atoms with van der Waals surface area (Å²) in [6, 6.07) is 10.8. The summed E-state index contributed by atoms with van der Waals surface area (Å²) < 4.78 is 41.6. The van der Waals surface area contributed by atoms with Crippen molar-refractivity contribution in [1.82, 2.24) is 4.90 Å². The highest BCUT2D eigenvalue weighted by atomic mass is 19.4. The van der Waals surface area contributed by atoms with Gasteiger partial charge < -0.3 is 9.94 Å². The van der Waals surface area contributed by atoms with Crippen molar-refractivity contribution in [1.29, 1.82) is 0 Å². The topological polar surface area (TPSA) is 62.1 Å². The average Bonchev–Trinajstić information content (AvgIpc) is 2.85. The molecule has 8 heteroatoms. The van der Waals surface area contributed by atoms with Crippen molar-refractivity contribution < 1.29 is 27.9 Å². The molecule has 5 nitrogen and oxygen atoms in total. The highest BCUT2D eigenvalue weighted by Gasteiger charge is 2.36. The first-order valence-corrected chi connectivity index (χ1v) is 13.2. The van der Waals surface area contributed by atoms with Gasteiger partial charge in [-0.2, -0.15) is 13.2 Å². The number of oxime groups is 1. The minimum Gasteiger partial charge on any atom is -0.481 e. The third-order valence-corrected chi connectivity index (χ3v) is 7.93. The molecule has 2 aliphatic carbocycles. The number of hydrogen-bond donors (Lipinski definition) is 1. The summed E-state index contributed by atoms with van der Waals surface area (Å²) in [5, 5.41) is 13.4. The number of halogens is 3. The largest absolute Gasteiger partial charge is 0.481 e. The average molecular weight is 515 g/mol. The summed E-state index contributed by atoms with van der Waals surface area (Å²) in [6.45, 7) is 1.86. The predicted octanol–water partition coefficient (Wildman–Crippen LogP) is 6.53. The number of aryl methyl sites for hydroxylation is 1. The molecule has 37 heavy (non-hydrogen) atoms. The van der Waals surface area contributed by atoms with Gasteiger partial charge in [0.1, 0.15) is 6.61 Å². The first-order chi connectivity index (χ1) is 17.8. The minimum atomic E-state index is -4.39. The molecular weight excluding hydrogens is 481 g/mol. The number of carboxylic acids is 1. The van der Waals surface area contributed by atoms with Crippen LogP contribution < -0.4 is 0 Å². The summed E-state index contributed by atoms with van der Waals surface area (Å²) in [5.74, 6) is -1.04. The number of alkyl halides is 3. The second-order valence-electron chi connectivity index (χ2n) is 10.6. The molecule has 2 aromatic rings. The van der Waals surface area contributed by atoms with Crippen LogP contribution in [0.2, 0.25) is 0 Å². The third-order valence-electron chi connectivity index (χ3n) is 7.93. The molecule has 0 aromatic heterocycles. The molecule has 3 aliphatic rings. The van der Waals surface area contributed by atoms with Crippen LogP contribution in [0.5, 0.6) is 0 Å². The normalized spacial score (nSPS) is 20.5. The van der Waals surface area contributed by atoms with Crippen LogP contribution in [0.1, 0.15) is 84.2 Å². The van der Waals surface area contributed by atoms with E-state index >= 15 is 0 Å². The summed E-state index contributed by atoms with van der Waals surface area (Å²) in [4.78, 5) is 18.7. The number of fused-ring (bicyclic) bond motifs is 1. The van der Waals surface area contributed by atoms with Crippen LogP contribution in [0, 0.1) is 5.92 Å². The zero-order valence-electron chi connectivity index (χ0n) is 20.9. The maximum absolute atomic E-state index is 13.9. The Morgan fingerprint density at radius 1 is 1.00 bits per heavy atom. The van der Waals surface area contributed by atoms with Gasteiger partial charge in [-0.1, -0.05) is 54.8 Å². The molecule has 5 rings (SSSR count). The number of carboxylic acid groups (broad SMARTS) is 1. The molecule has 2 fully saturated rings. The number of carbonyl (C=O) groups is 1. The maximum Gasteiger partial charge on any atom is 0.416 e. The lowest BCUT2D eigenvalue weighted by Gasteiger charge is -2.36. The van der Waals surface area contributed by atoms with Crippen LogP contribution in [0.3, 0.4) is 0 Å². The Labute approximate surface area is 215 Å². The quantitative estimate of drug-likeness (QED) is 0.427. The third kappa shape index (κ3) is 6.00. The Bertz CT molecular complexity index is 1170. The molecule has 0 bridgehead atoms. The summed E-state index contributed by atoms with van der Waals surface area (Å²) in [5.41, 5.74) is 4.50. The molecule has 0 unspecified atom stereocenters. The van der Waals surface area contributed by atoms with Crippen molar-refractivity contribution in [2.75, 3.05) is 13.1 Å².